The summed E-state index contributed by atoms with van der Waals surface area (Å²) in [5, 5.41) is 3.31. The van der Waals surface area contributed by atoms with Crippen molar-refractivity contribution in [3.63, 3.8) is 0 Å². The first kappa shape index (κ1) is 15.8. The molecule has 1 aromatic carbocycles. The number of hydrogen-bond donors (Lipinski definition) is 1. The van der Waals surface area contributed by atoms with E-state index in [-0.39, 0.29) is 5.97 Å². The molecule has 116 valence electrons. The number of likely N-dealkylation sites (N-methyl/N-ethyl adjacent to an activating group) is 1. The van der Waals surface area contributed by atoms with Gasteiger partial charge in [-0.05, 0) is 45.4 Å². The smallest absolute Gasteiger partial charge is 0.327 e. The predicted octanol–water partition coefficient (Wildman–Crippen LogP) is 2.37. The Morgan fingerprint density at radius 1 is 1.43 bits per heavy atom. The number of fused-ring (bicyclic) bond motifs is 1. The first-order valence-electron chi connectivity index (χ1n) is 7.78. The second kappa shape index (κ2) is 6.48. The van der Waals surface area contributed by atoms with Gasteiger partial charge in [0.15, 0.2) is 0 Å². The van der Waals surface area contributed by atoms with Gasteiger partial charge < -0.3 is 15.0 Å². The van der Waals surface area contributed by atoms with Crippen LogP contribution in [0.3, 0.4) is 0 Å². The fourth-order valence-corrected chi connectivity index (χ4v) is 3.08. The van der Waals surface area contributed by atoms with Gasteiger partial charge in [-0.15, -0.1) is 0 Å². The second-order valence-electron chi connectivity index (χ2n) is 5.89. The van der Waals surface area contributed by atoms with E-state index < -0.39 is 5.54 Å². The molecule has 0 amide bonds. The number of carbonyl (C=O) groups excluding carboxylic acids is 1. The summed E-state index contributed by atoms with van der Waals surface area (Å²) in [6.07, 6.45) is 1.03. The highest BCUT2D eigenvalue weighted by Gasteiger charge is 2.39. The monoisotopic (exact) mass is 290 g/mol. The highest BCUT2D eigenvalue weighted by Crippen LogP contribution is 2.33. The molecule has 0 aliphatic carbocycles. The van der Waals surface area contributed by atoms with E-state index >= 15 is 0 Å². The topological polar surface area (TPSA) is 41.6 Å². The maximum absolute atomic E-state index is 12.3. The van der Waals surface area contributed by atoms with Crippen LogP contribution in [-0.2, 0) is 16.0 Å². The molecule has 1 aliphatic rings. The molecule has 0 radical (unpaired) electrons. The van der Waals surface area contributed by atoms with Crippen LogP contribution in [0.25, 0.3) is 0 Å². The molecule has 0 bridgehead atoms. The molecule has 0 aromatic heterocycles. The SMILES string of the molecule is CCNC(C)(CN1c2ccccc2CC1C)C(=O)OCC. The van der Waals surface area contributed by atoms with Crippen LogP contribution in [0.5, 0.6) is 0 Å². The molecule has 4 nitrogen and oxygen atoms in total. The van der Waals surface area contributed by atoms with Crippen molar-refractivity contribution in [2.75, 3.05) is 24.6 Å². The zero-order valence-electron chi connectivity index (χ0n) is 13.5. The summed E-state index contributed by atoms with van der Waals surface area (Å²) < 4.78 is 5.26. The number of nitrogens with zero attached hydrogens (tertiary/aromatic N) is 1. The van der Waals surface area contributed by atoms with Gasteiger partial charge in [-0.25, -0.2) is 4.79 Å². The normalized spacial score (nSPS) is 20.0. The maximum Gasteiger partial charge on any atom is 0.327 e. The largest absolute Gasteiger partial charge is 0.465 e. The van der Waals surface area contributed by atoms with Gasteiger partial charge >= 0.3 is 5.97 Å². The van der Waals surface area contributed by atoms with Crippen molar-refractivity contribution in [1.29, 1.82) is 0 Å². The Labute approximate surface area is 127 Å². The standard InChI is InChI=1S/C17H26N2O2/c1-5-18-17(4,16(20)21-6-2)12-19-13(3)11-14-9-7-8-10-15(14)19/h7-10,13,18H,5-6,11-12H2,1-4H3. The lowest BCUT2D eigenvalue weighted by Gasteiger charge is -2.36. The van der Waals surface area contributed by atoms with Crippen LogP contribution in [0.1, 0.15) is 33.3 Å². The van der Waals surface area contributed by atoms with E-state index in [4.69, 9.17) is 4.74 Å². The number of carbonyl (C=O) groups is 1. The summed E-state index contributed by atoms with van der Waals surface area (Å²) >= 11 is 0. The van der Waals surface area contributed by atoms with Crippen LogP contribution in [0, 0.1) is 0 Å². The van der Waals surface area contributed by atoms with Gasteiger partial charge in [0.2, 0.25) is 0 Å². The Kier molecular flexibility index (Phi) is 4.88. The molecule has 2 unspecified atom stereocenters. The molecule has 1 aliphatic heterocycles. The van der Waals surface area contributed by atoms with Gasteiger partial charge in [-0.1, -0.05) is 25.1 Å². The Morgan fingerprint density at radius 3 is 2.81 bits per heavy atom. The second-order valence-corrected chi connectivity index (χ2v) is 5.89. The van der Waals surface area contributed by atoms with Gasteiger partial charge in [0.1, 0.15) is 5.54 Å². The van der Waals surface area contributed by atoms with Crippen LogP contribution >= 0.6 is 0 Å². The molecule has 1 heterocycles. The average Bonchev–Trinajstić information content (AvgIpc) is 2.76. The van der Waals surface area contributed by atoms with Gasteiger partial charge in [0, 0.05) is 18.3 Å². The molecular weight excluding hydrogens is 264 g/mol. The Morgan fingerprint density at radius 2 is 2.14 bits per heavy atom. The number of esters is 1. The molecule has 0 fully saturated rings. The summed E-state index contributed by atoms with van der Waals surface area (Å²) in [5.74, 6) is -0.177. The van der Waals surface area contributed by atoms with Crippen LogP contribution in [-0.4, -0.2) is 37.2 Å². The molecule has 4 heteroatoms. The fraction of sp³-hybridized carbons (Fsp3) is 0.588. The van der Waals surface area contributed by atoms with Crippen LogP contribution in [0.15, 0.2) is 24.3 Å². The number of anilines is 1. The minimum absolute atomic E-state index is 0.177. The average molecular weight is 290 g/mol. The summed E-state index contributed by atoms with van der Waals surface area (Å²) in [4.78, 5) is 14.7. The van der Waals surface area contributed by atoms with E-state index in [2.05, 4.69) is 41.4 Å². The highest BCUT2D eigenvalue weighted by molar-refractivity contribution is 5.81. The number of nitrogens with one attached hydrogen (secondary N) is 1. The van der Waals surface area contributed by atoms with Crippen molar-refractivity contribution in [2.45, 2.75) is 45.7 Å². The number of benzene rings is 1. The molecule has 1 aromatic rings. The van der Waals surface area contributed by atoms with E-state index in [0.29, 0.717) is 19.2 Å². The lowest BCUT2D eigenvalue weighted by Crippen LogP contribution is -2.58. The van der Waals surface area contributed by atoms with Gasteiger partial charge in [0.25, 0.3) is 0 Å². The zero-order valence-corrected chi connectivity index (χ0v) is 13.5. The lowest BCUT2D eigenvalue weighted by molar-refractivity contribution is -0.150. The molecular formula is C17H26N2O2. The minimum Gasteiger partial charge on any atom is -0.465 e. The van der Waals surface area contributed by atoms with E-state index in [1.165, 1.54) is 11.3 Å². The predicted molar refractivity (Wildman–Crippen MR) is 85.7 cm³/mol. The molecule has 0 spiro atoms. The van der Waals surface area contributed by atoms with Crippen molar-refractivity contribution in [3.8, 4) is 0 Å². The number of rotatable bonds is 6. The third-order valence-corrected chi connectivity index (χ3v) is 4.13. The first-order chi connectivity index (χ1) is 10.0. The number of hydrogen-bond acceptors (Lipinski definition) is 4. The van der Waals surface area contributed by atoms with Crippen LogP contribution in [0.2, 0.25) is 0 Å². The van der Waals surface area contributed by atoms with Gasteiger partial charge in [-0.2, -0.15) is 0 Å². The molecule has 21 heavy (non-hydrogen) atoms. The highest BCUT2D eigenvalue weighted by atomic mass is 16.5. The zero-order chi connectivity index (χ0) is 15.5. The Bertz CT molecular complexity index is 503. The molecule has 0 saturated heterocycles. The Hall–Kier alpha value is -1.55. The first-order valence-corrected chi connectivity index (χ1v) is 7.78. The van der Waals surface area contributed by atoms with Crippen molar-refractivity contribution >= 4 is 11.7 Å². The third kappa shape index (κ3) is 3.21. The van der Waals surface area contributed by atoms with Crippen LogP contribution < -0.4 is 10.2 Å². The summed E-state index contributed by atoms with van der Waals surface area (Å²) in [5.41, 5.74) is 1.90. The van der Waals surface area contributed by atoms with E-state index in [1.807, 2.05) is 20.8 Å². The lowest BCUT2D eigenvalue weighted by atomic mass is 10.0. The molecule has 0 saturated carbocycles. The third-order valence-electron chi connectivity index (χ3n) is 4.13. The van der Waals surface area contributed by atoms with Gasteiger partial charge in [0.05, 0.1) is 6.61 Å². The maximum atomic E-state index is 12.3. The van der Waals surface area contributed by atoms with Crippen molar-refractivity contribution < 1.29 is 9.53 Å². The molecule has 2 atom stereocenters. The fourth-order valence-electron chi connectivity index (χ4n) is 3.08. The quantitative estimate of drug-likeness (QED) is 0.817. The summed E-state index contributed by atoms with van der Waals surface area (Å²) in [6, 6.07) is 8.83. The summed E-state index contributed by atoms with van der Waals surface area (Å²) in [6.45, 7) is 9.76. The van der Waals surface area contributed by atoms with E-state index in [1.54, 1.807) is 0 Å². The van der Waals surface area contributed by atoms with E-state index in [9.17, 15) is 4.79 Å². The number of ether oxygens (including phenoxy) is 1. The van der Waals surface area contributed by atoms with Gasteiger partial charge in [-0.3, -0.25) is 0 Å². The van der Waals surface area contributed by atoms with Crippen molar-refractivity contribution in [3.05, 3.63) is 29.8 Å². The summed E-state index contributed by atoms with van der Waals surface area (Å²) in [7, 11) is 0. The van der Waals surface area contributed by atoms with Crippen LogP contribution in [0.4, 0.5) is 5.69 Å². The Balaban J connectivity index is 2.23. The van der Waals surface area contributed by atoms with Crippen molar-refractivity contribution in [2.24, 2.45) is 0 Å². The molecule has 2 rings (SSSR count). The minimum atomic E-state index is -0.684. The molecule has 1 N–H and O–H groups in total. The number of para-hydroxylation sites is 1. The van der Waals surface area contributed by atoms with Crippen molar-refractivity contribution in [1.82, 2.24) is 5.32 Å². The van der Waals surface area contributed by atoms with E-state index in [0.717, 1.165) is 13.0 Å².